The number of rotatable bonds is 8. The summed E-state index contributed by atoms with van der Waals surface area (Å²) in [7, 11) is 0. The van der Waals surface area contributed by atoms with Crippen LogP contribution in [0, 0.1) is 0 Å². The lowest BCUT2D eigenvalue weighted by Gasteiger charge is -2.26. The molecule has 0 aliphatic carbocycles. The highest BCUT2D eigenvalue weighted by Gasteiger charge is 2.25. The molecule has 0 heterocycles. The number of halogens is 1. The van der Waals surface area contributed by atoms with Crippen molar-refractivity contribution >= 4 is 15.9 Å². The van der Waals surface area contributed by atoms with Gasteiger partial charge in [-0.15, -0.1) is 0 Å². The van der Waals surface area contributed by atoms with Crippen LogP contribution in [0.25, 0.3) is 0 Å². The Bertz CT molecular complexity index is 109. The summed E-state index contributed by atoms with van der Waals surface area (Å²) in [5.41, 5.74) is 0. The molecule has 0 aliphatic rings. The highest BCUT2D eigenvalue weighted by atomic mass is 79.9. The van der Waals surface area contributed by atoms with E-state index in [-0.39, 0.29) is 4.32 Å². The van der Waals surface area contributed by atoms with E-state index < -0.39 is 0 Å². The van der Waals surface area contributed by atoms with E-state index in [2.05, 4.69) is 22.9 Å². The van der Waals surface area contributed by atoms with Crippen molar-refractivity contribution in [3.05, 3.63) is 0 Å². The molecule has 0 saturated carbocycles. The van der Waals surface area contributed by atoms with Crippen molar-refractivity contribution in [2.45, 2.75) is 37.9 Å². The SMILES string of the molecule is CCCC(Br)(COCC)COCC. The lowest BCUT2D eigenvalue weighted by Crippen LogP contribution is -2.33. The van der Waals surface area contributed by atoms with Gasteiger partial charge in [-0.1, -0.05) is 29.3 Å². The van der Waals surface area contributed by atoms with Gasteiger partial charge < -0.3 is 9.47 Å². The van der Waals surface area contributed by atoms with Gasteiger partial charge in [-0.2, -0.15) is 0 Å². The maximum absolute atomic E-state index is 5.42. The van der Waals surface area contributed by atoms with Crippen molar-refractivity contribution in [1.82, 2.24) is 0 Å². The van der Waals surface area contributed by atoms with E-state index in [1.165, 1.54) is 0 Å². The first-order valence-corrected chi connectivity index (χ1v) is 5.82. The Balaban J connectivity index is 3.84. The fourth-order valence-corrected chi connectivity index (χ4v) is 1.92. The molecule has 80 valence electrons. The van der Waals surface area contributed by atoms with Gasteiger partial charge in [0, 0.05) is 13.2 Å². The normalized spacial score (nSPS) is 12.0. The summed E-state index contributed by atoms with van der Waals surface area (Å²) in [5.74, 6) is 0. The molecule has 0 fully saturated rings. The van der Waals surface area contributed by atoms with Gasteiger partial charge in [-0.3, -0.25) is 0 Å². The van der Waals surface area contributed by atoms with Gasteiger partial charge in [0.15, 0.2) is 0 Å². The maximum atomic E-state index is 5.42. The molecular weight excluding hydrogens is 232 g/mol. The standard InChI is InChI=1S/C10H21BrO2/c1-4-7-10(11,8-12-5-2)9-13-6-3/h4-9H2,1-3H3. The fraction of sp³-hybridized carbons (Fsp3) is 1.00. The Morgan fingerprint density at radius 3 is 1.77 bits per heavy atom. The molecule has 0 unspecified atom stereocenters. The molecule has 0 N–H and O–H groups in total. The molecular formula is C10H21BrO2. The first-order valence-electron chi connectivity index (χ1n) is 5.03. The third-order valence-corrected chi connectivity index (χ3v) is 2.68. The molecule has 0 radical (unpaired) electrons. The van der Waals surface area contributed by atoms with Crippen LogP contribution >= 0.6 is 15.9 Å². The number of hydrogen-bond acceptors (Lipinski definition) is 2. The second kappa shape index (κ2) is 7.77. The molecule has 0 aliphatic heterocycles. The first-order chi connectivity index (χ1) is 6.18. The smallest absolute Gasteiger partial charge is 0.0723 e. The molecule has 0 atom stereocenters. The average Bonchev–Trinajstić information content (AvgIpc) is 2.12. The molecule has 0 aromatic rings. The molecule has 2 nitrogen and oxygen atoms in total. The van der Waals surface area contributed by atoms with Gasteiger partial charge in [0.2, 0.25) is 0 Å². The number of hydrogen-bond donors (Lipinski definition) is 0. The minimum Gasteiger partial charge on any atom is -0.380 e. The zero-order valence-corrected chi connectivity index (χ0v) is 10.5. The van der Waals surface area contributed by atoms with Crippen molar-refractivity contribution in [1.29, 1.82) is 0 Å². The predicted molar refractivity (Wildman–Crippen MR) is 59.6 cm³/mol. The predicted octanol–water partition coefficient (Wildman–Crippen LogP) is 2.99. The Labute approximate surface area is 90.1 Å². The summed E-state index contributed by atoms with van der Waals surface area (Å²) in [5, 5.41) is 0. The average molecular weight is 253 g/mol. The summed E-state index contributed by atoms with van der Waals surface area (Å²) in [6.45, 7) is 9.20. The zero-order valence-electron chi connectivity index (χ0n) is 8.94. The third-order valence-electron chi connectivity index (χ3n) is 1.83. The zero-order chi connectivity index (χ0) is 10.2. The molecule has 0 saturated heterocycles. The number of ether oxygens (including phenoxy) is 2. The lowest BCUT2D eigenvalue weighted by atomic mass is 10.1. The Morgan fingerprint density at radius 1 is 1.00 bits per heavy atom. The molecule has 13 heavy (non-hydrogen) atoms. The summed E-state index contributed by atoms with van der Waals surface area (Å²) in [6, 6.07) is 0. The van der Waals surface area contributed by atoms with Crippen molar-refractivity contribution in [2.75, 3.05) is 26.4 Å². The second-order valence-electron chi connectivity index (χ2n) is 3.18. The van der Waals surface area contributed by atoms with Crippen molar-refractivity contribution in [2.24, 2.45) is 0 Å². The molecule has 0 amide bonds. The highest BCUT2D eigenvalue weighted by Crippen LogP contribution is 2.25. The van der Waals surface area contributed by atoms with Crippen LogP contribution < -0.4 is 0 Å². The summed E-state index contributed by atoms with van der Waals surface area (Å²) < 4.78 is 10.9. The van der Waals surface area contributed by atoms with E-state index in [0.717, 1.165) is 39.3 Å². The van der Waals surface area contributed by atoms with Gasteiger partial charge in [0.25, 0.3) is 0 Å². The van der Waals surface area contributed by atoms with E-state index >= 15 is 0 Å². The lowest BCUT2D eigenvalue weighted by molar-refractivity contribution is 0.0632. The summed E-state index contributed by atoms with van der Waals surface area (Å²) in [6.07, 6.45) is 2.23. The number of alkyl halides is 1. The van der Waals surface area contributed by atoms with E-state index in [1.54, 1.807) is 0 Å². The molecule has 0 rings (SSSR count). The van der Waals surface area contributed by atoms with Crippen LogP contribution in [0.2, 0.25) is 0 Å². The fourth-order valence-electron chi connectivity index (χ4n) is 1.20. The Hall–Kier alpha value is 0.400. The van der Waals surface area contributed by atoms with Crippen molar-refractivity contribution < 1.29 is 9.47 Å². The Morgan fingerprint density at radius 2 is 1.46 bits per heavy atom. The highest BCUT2D eigenvalue weighted by molar-refractivity contribution is 9.10. The monoisotopic (exact) mass is 252 g/mol. The van der Waals surface area contributed by atoms with Gasteiger partial charge in [0.1, 0.15) is 0 Å². The van der Waals surface area contributed by atoms with Crippen LogP contribution in [-0.2, 0) is 9.47 Å². The molecule has 0 aromatic heterocycles. The third kappa shape index (κ3) is 6.47. The summed E-state index contributed by atoms with van der Waals surface area (Å²) >= 11 is 3.70. The van der Waals surface area contributed by atoms with Crippen LogP contribution in [-0.4, -0.2) is 30.8 Å². The second-order valence-corrected chi connectivity index (χ2v) is 4.86. The van der Waals surface area contributed by atoms with Crippen LogP contribution in [0.1, 0.15) is 33.6 Å². The quantitative estimate of drug-likeness (QED) is 0.619. The summed E-state index contributed by atoms with van der Waals surface area (Å²) in [4.78, 5) is 0. The van der Waals surface area contributed by atoms with E-state index in [9.17, 15) is 0 Å². The molecule has 0 aromatic carbocycles. The van der Waals surface area contributed by atoms with Crippen LogP contribution in [0.15, 0.2) is 0 Å². The van der Waals surface area contributed by atoms with E-state index in [1.807, 2.05) is 13.8 Å². The largest absolute Gasteiger partial charge is 0.380 e. The molecule has 3 heteroatoms. The van der Waals surface area contributed by atoms with Gasteiger partial charge in [-0.25, -0.2) is 0 Å². The van der Waals surface area contributed by atoms with Crippen LogP contribution in [0.4, 0.5) is 0 Å². The van der Waals surface area contributed by atoms with E-state index in [4.69, 9.17) is 9.47 Å². The van der Waals surface area contributed by atoms with Crippen LogP contribution in [0.3, 0.4) is 0 Å². The minimum absolute atomic E-state index is 0.0216. The van der Waals surface area contributed by atoms with Gasteiger partial charge >= 0.3 is 0 Å². The van der Waals surface area contributed by atoms with E-state index in [0.29, 0.717) is 0 Å². The van der Waals surface area contributed by atoms with Crippen molar-refractivity contribution in [3.8, 4) is 0 Å². The van der Waals surface area contributed by atoms with Gasteiger partial charge in [0.05, 0.1) is 17.5 Å². The van der Waals surface area contributed by atoms with Crippen LogP contribution in [0.5, 0.6) is 0 Å². The van der Waals surface area contributed by atoms with Crippen molar-refractivity contribution in [3.63, 3.8) is 0 Å². The maximum Gasteiger partial charge on any atom is 0.0723 e. The topological polar surface area (TPSA) is 18.5 Å². The minimum atomic E-state index is 0.0216. The molecule has 0 spiro atoms. The molecule has 0 bridgehead atoms. The van der Waals surface area contributed by atoms with Gasteiger partial charge in [-0.05, 0) is 20.3 Å². The first kappa shape index (κ1) is 13.4. The Kier molecular flexibility index (Phi) is 8.01.